The van der Waals surface area contributed by atoms with Crippen LogP contribution < -0.4 is 5.32 Å². The van der Waals surface area contributed by atoms with Crippen LogP contribution in [0, 0.1) is 11.3 Å². The highest BCUT2D eigenvalue weighted by atomic mass is 16.5. The van der Waals surface area contributed by atoms with Crippen LogP contribution in [-0.2, 0) is 9.53 Å². The summed E-state index contributed by atoms with van der Waals surface area (Å²) in [5, 5.41) is 2.70. The van der Waals surface area contributed by atoms with Crippen molar-refractivity contribution in [1.29, 1.82) is 0 Å². The molecule has 0 aromatic carbocycles. The van der Waals surface area contributed by atoms with E-state index in [0.717, 1.165) is 6.41 Å². The van der Waals surface area contributed by atoms with Crippen LogP contribution in [0.15, 0.2) is 0 Å². The number of carbonyl (C=O) groups is 1. The number of nitrogens with one attached hydrogen (secondary N) is 1. The molecular formula is C10H21NO2. The fraction of sp³-hybridized carbons (Fsp3) is 0.900. The second-order valence-corrected chi connectivity index (χ2v) is 4.39. The standard InChI is InChI=1S/C10H21NO2/c1-8(2)9(13-5)10(3,4)6-11-7-12/h7-9H,6H2,1-5H3,(H,11,12). The molecule has 0 bridgehead atoms. The molecule has 1 N–H and O–H groups in total. The minimum Gasteiger partial charge on any atom is -0.381 e. The lowest BCUT2D eigenvalue weighted by molar-refractivity contribution is -0.110. The topological polar surface area (TPSA) is 38.3 Å². The Balaban J connectivity index is 4.28. The van der Waals surface area contributed by atoms with Gasteiger partial charge in [0, 0.05) is 19.1 Å². The van der Waals surface area contributed by atoms with E-state index in [-0.39, 0.29) is 11.5 Å². The van der Waals surface area contributed by atoms with Crippen LogP contribution in [0.2, 0.25) is 0 Å². The summed E-state index contributed by atoms with van der Waals surface area (Å²) in [7, 11) is 1.72. The number of rotatable bonds is 6. The second kappa shape index (κ2) is 5.22. The monoisotopic (exact) mass is 187 g/mol. The molecule has 0 aromatic rings. The maximum Gasteiger partial charge on any atom is 0.207 e. The summed E-state index contributed by atoms with van der Waals surface area (Å²) in [5.41, 5.74) is -0.0240. The zero-order chi connectivity index (χ0) is 10.5. The van der Waals surface area contributed by atoms with E-state index in [9.17, 15) is 4.79 Å². The van der Waals surface area contributed by atoms with Gasteiger partial charge >= 0.3 is 0 Å². The molecule has 0 aliphatic carbocycles. The van der Waals surface area contributed by atoms with Gasteiger partial charge in [-0.25, -0.2) is 0 Å². The largest absolute Gasteiger partial charge is 0.381 e. The number of hydrogen-bond donors (Lipinski definition) is 1. The van der Waals surface area contributed by atoms with Crippen LogP contribution >= 0.6 is 0 Å². The Morgan fingerprint density at radius 3 is 2.31 bits per heavy atom. The van der Waals surface area contributed by atoms with Crippen LogP contribution in [-0.4, -0.2) is 26.2 Å². The fourth-order valence-corrected chi connectivity index (χ4v) is 1.90. The molecule has 1 unspecified atom stereocenters. The number of methoxy groups -OCH3 is 1. The Hall–Kier alpha value is -0.570. The van der Waals surface area contributed by atoms with Gasteiger partial charge < -0.3 is 10.1 Å². The second-order valence-electron chi connectivity index (χ2n) is 4.39. The Morgan fingerprint density at radius 2 is 2.00 bits per heavy atom. The van der Waals surface area contributed by atoms with Crippen LogP contribution in [0.4, 0.5) is 0 Å². The van der Waals surface area contributed by atoms with Crippen LogP contribution in [0.25, 0.3) is 0 Å². The molecule has 3 nitrogen and oxygen atoms in total. The summed E-state index contributed by atoms with van der Waals surface area (Å²) < 4.78 is 5.42. The third kappa shape index (κ3) is 3.77. The number of ether oxygens (including phenoxy) is 1. The quantitative estimate of drug-likeness (QED) is 0.639. The Kier molecular flexibility index (Phi) is 4.99. The van der Waals surface area contributed by atoms with E-state index in [1.54, 1.807) is 7.11 Å². The molecule has 3 heteroatoms. The summed E-state index contributed by atoms with van der Waals surface area (Å²) in [6, 6.07) is 0. The maximum absolute atomic E-state index is 10.2. The first kappa shape index (κ1) is 12.4. The molecule has 0 aromatic heterocycles. The van der Waals surface area contributed by atoms with Crippen molar-refractivity contribution in [2.24, 2.45) is 11.3 Å². The van der Waals surface area contributed by atoms with E-state index in [1.165, 1.54) is 0 Å². The first-order chi connectivity index (χ1) is 5.95. The first-order valence-corrected chi connectivity index (χ1v) is 4.65. The van der Waals surface area contributed by atoms with Gasteiger partial charge in [0.15, 0.2) is 0 Å². The van der Waals surface area contributed by atoms with Crippen molar-refractivity contribution < 1.29 is 9.53 Å². The van der Waals surface area contributed by atoms with Crippen molar-refractivity contribution in [2.45, 2.75) is 33.8 Å². The molecule has 13 heavy (non-hydrogen) atoms. The zero-order valence-corrected chi connectivity index (χ0v) is 9.26. The van der Waals surface area contributed by atoms with E-state index in [0.29, 0.717) is 12.5 Å². The highest BCUT2D eigenvalue weighted by molar-refractivity contribution is 5.45. The van der Waals surface area contributed by atoms with Crippen molar-refractivity contribution in [1.82, 2.24) is 5.32 Å². The van der Waals surface area contributed by atoms with Gasteiger partial charge in [0.1, 0.15) is 0 Å². The van der Waals surface area contributed by atoms with Crippen LogP contribution in [0.5, 0.6) is 0 Å². The van der Waals surface area contributed by atoms with E-state index >= 15 is 0 Å². The van der Waals surface area contributed by atoms with Crippen LogP contribution in [0.3, 0.4) is 0 Å². The lowest BCUT2D eigenvalue weighted by atomic mass is 9.80. The highest BCUT2D eigenvalue weighted by Gasteiger charge is 2.31. The number of hydrogen-bond acceptors (Lipinski definition) is 2. The van der Waals surface area contributed by atoms with Gasteiger partial charge in [0.25, 0.3) is 0 Å². The molecule has 1 atom stereocenters. The van der Waals surface area contributed by atoms with Gasteiger partial charge in [-0.15, -0.1) is 0 Å². The first-order valence-electron chi connectivity index (χ1n) is 4.65. The SMILES string of the molecule is COC(C(C)C)C(C)(C)CNC=O. The molecule has 0 rings (SSSR count). The Labute approximate surface area is 80.8 Å². The Morgan fingerprint density at radius 1 is 1.46 bits per heavy atom. The van der Waals surface area contributed by atoms with Crippen molar-refractivity contribution in [2.75, 3.05) is 13.7 Å². The third-order valence-electron chi connectivity index (χ3n) is 2.27. The third-order valence-corrected chi connectivity index (χ3v) is 2.27. The summed E-state index contributed by atoms with van der Waals surface area (Å²) in [5.74, 6) is 0.452. The molecule has 0 aliphatic heterocycles. The predicted octanol–water partition coefficient (Wildman–Crippen LogP) is 1.43. The fourth-order valence-electron chi connectivity index (χ4n) is 1.90. The van der Waals surface area contributed by atoms with Crippen molar-refractivity contribution in [3.05, 3.63) is 0 Å². The predicted molar refractivity (Wildman–Crippen MR) is 53.5 cm³/mol. The molecule has 1 amide bonds. The highest BCUT2D eigenvalue weighted by Crippen LogP contribution is 2.27. The molecule has 0 fully saturated rings. The number of carbonyl (C=O) groups excluding carboxylic acids is 1. The lowest BCUT2D eigenvalue weighted by Crippen LogP contribution is -2.42. The van der Waals surface area contributed by atoms with Crippen molar-refractivity contribution in [3.8, 4) is 0 Å². The van der Waals surface area contributed by atoms with E-state index in [1.807, 2.05) is 0 Å². The molecular weight excluding hydrogens is 166 g/mol. The lowest BCUT2D eigenvalue weighted by Gasteiger charge is -2.35. The molecule has 0 spiro atoms. The summed E-state index contributed by atoms with van der Waals surface area (Å²) in [6.07, 6.45) is 0.898. The van der Waals surface area contributed by atoms with Gasteiger partial charge in [-0.05, 0) is 5.92 Å². The summed E-state index contributed by atoms with van der Waals surface area (Å²) in [4.78, 5) is 10.2. The van der Waals surface area contributed by atoms with Gasteiger partial charge in [0.2, 0.25) is 6.41 Å². The van der Waals surface area contributed by atoms with Gasteiger partial charge in [-0.2, -0.15) is 0 Å². The minimum absolute atomic E-state index is 0.0240. The molecule has 0 radical (unpaired) electrons. The van der Waals surface area contributed by atoms with Gasteiger partial charge in [-0.3, -0.25) is 4.79 Å². The molecule has 78 valence electrons. The Bertz CT molecular complexity index is 155. The molecule has 0 heterocycles. The van der Waals surface area contributed by atoms with E-state index < -0.39 is 0 Å². The molecule has 0 saturated carbocycles. The van der Waals surface area contributed by atoms with Crippen molar-refractivity contribution >= 4 is 6.41 Å². The van der Waals surface area contributed by atoms with Gasteiger partial charge in [0.05, 0.1) is 6.10 Å². The molecule has 0 saturated heterocycles. The average molecular weight is 187 g/mol. The minimum atomic E-state index is -0.0240. The summed E-state index contributed by atoms with van der Waals surface area (Å²) >= 11 is 0. The van der Waals surface area contributed by atoms with Crippen molar-refractivity contribution in [3.63, 3.8) is 0 Å². The molecule has 0 aliphatic rings. The smallest absolute Gasteiger partial charge is 0.207 e. The average Bonchev–Trinajstić information content (AvgIpc) is 2.01. The van der Waals surface area contributed by atoms with Crippen LogP contribution in [0.1, 0.15) is 27.7 Å². The maximum atomic E-state index is 10.2. The van der Waals surface area contributed by atoms with E-state index in [4.69, 9.17) is 4.74 Å². The number of amides is 1. The zero-order valence-electron chi connectivity index (χ0n) is 9.26. The van der Waals surface area contributed by atoms with E-state index in [2.05, 4.69) is 33.0 Å². The van der Waals surface area contributed by atoms with Gasteiger partial charge in [-0.1, -0.05) is 27.7 Å². The summed E-state index contributed by atoms with van der Waals surface area (Å²) in [6.45, 7) is 9.08. The normalized spacial score (nSPS) is 14.3.